The number of carbonyl (C=O) groups is 4. The lowest BCUT2D eigenvalue weighted by molar-refractivity contribution is -0.122. The molecule has 7 atom stereocenters. The summed E-state index contributed by atoms with van der Waals surface area (Å²) in [5.41, 5.74) is 4.90. The number of rotatable bonds is 20. The highest BCUT2D eigenvalue weighted by Gasteiger charge is 2.44. The number of aliphatic hydroxyl groups is 3. The van der Waals surface area contributed by atoms with Crippen LogP contribution in [0.2, 0.25) is 0 Å². The Labute approximate surface area is 294 Å². The van der Waals surface area contributed by atoms with E-state index in [1.165, 1.54) is 17.0 Å². The molecular formula is C32H50N8O9S. The molecule has 50 heavy (non-hydrogen) atoms. The number of unbranched alkanes of at least 4 members (excludes halogenated alkanes) is 5. The zero-order valence-corrected chi connectivity index (χ0v) is 28.9. The Morgan fingerprint density at radius 3 is 2.36 bits per heavy atom. The molecule has 1 aromatic rings. The Bertz CT molecular complexity index is 1410. The van der Waals surface area contributed by atoms with Crippen LogP contribution in [0, 0.1) is 0 Å². The highest BCUT2D eigenvalue weighted by atomic mass is 32.2. The lowest BCUT2D eigenvalue weighted by atomic mass is 10.0. The van der Waals surface area contributed by atoms with E-state index in [-0.39, 0.29) is 54.5 Å². The van der Waals surface area contributed by atoms with E-state index in [0.29, 0.717) is 31.1 Å². The summed E-state index contributed by atoms with van der Waals surface area (Å²) in [7, 11) is 0. The van der Waals surface area contributed by atoms with Crippen LogP contribution in [0.5, 0.6) is 0 Å². The van der Waals surface area contributed by atoms with Crippen molar-refractivity contribution >= 4 is 47.7 Å². The van der Waals surface area contributed by atoms with E-state index in [9.17, 15) is 39.3 Å². The number of nitrogens with zero attached hydrogens (tertiary/aromatic N) is 2. The zero-order chi connectivity index (χ0) is 36.0. The number of ether oxygens (including phenoxy) is 1. The fourth-order valence-corrected chi connectivity index (χ4v) is 7.73. The van der Waals surface area contributed by atoms with Gasteiger partial charge in [-0.1, -0.05) is 25.7 Å². The first-order chi connectivity index (χ1) is 24.1. The van der Waals surface area contributed by atoms with Crippen LogP contribution < -0.4 is 37.9 Å². The van der Waals surface area contributed by atoms with Gasteiger partial charge in [-0.2, -0.15) is 16.7 Å². The second-order valence-electron chi connectivity index (χ2n) is 12.7. The van der Waals surface area contributed by atoms with Gasteiger partial charge in [0.1, 0.15) is 24.4 Å². The number of aromatic nitrogens is 2. The van der Waals surface area contributed by atoms with Gasteiger partial charge in [-0.3, -0.25) is 23.7 Å². The number of urea groups is 1. The average molecular weight is 723 g/mol. The minimum absolute atomic E-state index is 0.0496. The second kappa shape index (κ2) is 19.6. The maximum Gasteiger partial charge on any atom is 0.315 e. The highest BCUT2D eigenvalue weighted by molar-refractivity contribution is 8.00. The Kier molecular flexibility index (Phi) is 15.3. The van der Waals surface area contributed by atoms with E-state index in [2.05, 4.69) is 31.6 Å². The third kappa shape index (κ3) is 11.4. The van der Waals surface area contributed by atoms with Gasteiger partial charge < -0.3 is 52.4 Å². The van der Waals surface area contributed by atoms with Gasteiger partial charge in [0, 0.05) is 62.0 Å². The molecule has 4 heterocycles. The van der Waals surface area contributed by atoms with Crippen molar-refractivity contribution in [1.29, 1.82) is 0 Å². The van der Waals surface area contributed by atoms with E-state index in [1.54, 1.807) is 0 Å². The average Bonchev–Trinajstić information content (AvgIpc) is 3.73. The van der Waals surface area contributed by atoms with Crippen molar-refractivity contribution in [2.45, 2.75) is 106 Å². The summed E-state index contributed by atoms with van der Waals surface area (Å²) in [6, 6.07) is 0.444. The van der Waals surface area contributed by atoms with Crippen LogP contribution in [0.3, 0.4) is 0 Å². The van der Waals surface area contributed by atoms with E-state index < -0.39 is 42.5 Å². The van der Waals surface area contributed by atoms with Crippen LogP contribution in [0.1, 0.15) is 75.9 Å². The molecule has 18 heteroatoms. The van der Waals surface area contributed by atoms with Gasteiger partial charge in [0.15, 0.2) is 0 Å². The molecule has 1 aromatic heterocycles. The molecule has 0 spiro atoms. The fraction of sp³-hybridized carbons (Fsp3) is 0.688. The van der Waals surface area contributed by atoms with Crippen LogP contribution in [-0.2, 0) is 19.1 Å². The second-order valence-corrected chi connectivity index (χ2v) is 14.0. The summed E-state index contributed by atoms with van der Waals surface area (Å²) >= 11 is 1.92. The van der Waals surface area contributed by atoms with Crippen LogP contribution in [-0.4, -0.2) is 116 Å². The van der Waals surface area contributed by atoms with Gasteiger partial charge in [0.05, 0.1) is 24.3 Å². The summed E-state index contributed by atoms with van der Waals surface area (Å²) < 4.78 is 6.58. The summed E-state index contributed by atoms with van der Waals surface area (Å²) in [5, 5.41) is 44.3. The first-order valence-electron chi connectivity index (χ1n) is 17.3. The minimum atomic E-state index is -1.47. The number of anilines is 1. The number of nitrogens with two attached hydrogens (primary N) is 1. The van der Waals surface area contributed by atoms with E-state index in [4.69, 9.17) is 10.5 Å². The van der Waals surface area contributed by atoms with Gasteiger partial charge in [0.25, 0.3) is 5.56 Å². The maximum absolute atomic E-state index is 12.3. The topological polar surface area (TPSA) is 259 Å². The molecular weight excluding hydrogens is 672 g/mol. The molecule has 3 aliphatic heterocycles. The first-order valence-corrected chi connectivity index (χ1v) is 18.3. The molecule has 4 rings (SSSR count). The number of aliphatic hydroxyl groups excluding tert-OH is 3. The standard InChI is InChI=1S/C32H50N8O9S/c33-31-39-30(47)19(29-28(46)27(45)21(17-41)49-29)16-40(31)15-11-25(44)36-14-13-35-24(43)10-6-3-7-12-34-23(42)9-5-2-1-4-8-22-26-20(18-50-22)37-32(48)38-26/h11,15-16,20-22,26-29,41,45-46H,1-10,12-14,17-18H2,(H,34,42)(H,35,43)(H,36,44)(H2,33,39,47)(H2,37,38,48). The number of carbonyl (C=O) groups excluding carboxylic acids is 4. The normalized spacial score (nSPS) is 25.7. The third-order valence-electron chi connectivity index (χ3n) is 8.97. The smallest absolute Gasteiger partial charge is 0.315 e. The van der Waals surface area contributed by atoms with Crippen LogP contribution in [0.15, 0.2) is 17.1 Å². The Morgan fingerprint density at radius 2 is 1.64 bits per heavy atom. The Morgan fingerprint density at radius 1 is 0.960 bits per heavy atom. The molecule has 7 unspecified atom stereocenters. The number of nitrogens with one attached hydrogen (secondary N) is 5. The SMILES string of the molecule is Nc1nc(=O)c(C2OC(CO)C(O)C2O)cn1C=CC(=O)NCCNC(=O)CCCCCNC(=O)CCCCCCC1SCC2NC(=O)NC21. The third-order valence-corrected chi connectivity index (χ3v) is 10.5. The van der Waals surface area contributed by atoms with Crippen molar-refractivity contribution in [3.63, 3.8) is 0 Å². The van der Waals surface area contributed by atoms with Crippen molar-refractivity contribution in [3.8, 4) is 0 Å². The molecule has 3 aliphatic rings. The van der Waals surface area contributed by atoms with Crippen LogP contribution in [0.25, 0.3) is 6.20 Å². The first kappa shape index (κ1) is 39.1. The minimum Gasteiger partial charge on any atom is -0.394 e. The molecule has 17 nitrogen and oxygen atoms in total. The number of hydrogen-bond acceptors (Lipinski definition) is 12. The van der Waals surface area contributed by atoms with E-state index >= 15 is 0 Å². The van der Waals surface area contributed by atoms with E-state index in [0.717, 1.165) is 56.8 Å². The van der Waals surface area contributed by atoms with Crippen molar-refractivity contribution in [1.82, 2.24) is 36.1 Å². The lowest BCUT2D eigenvalue weighted by Gasteiger charge is -2.16. The number of amides is 5. The van der Waals surface area contributed by atoms with Gasteiger partial charge in [0.2, 0.25) is 23.7 Å². The number of nitrogen functional groups attached to an aromatic ring is 1. The van der Waals surface area contributed by atoms with Crippen molar-refractivity contribution in [3.05, 3.63) is 28.2 Å². The Hall–Kier alpha value is -3.71. The largest absolute Gasteiger partial charge is 0.394 e. The Balaban J connectivity index is 0.984. The summed E-state index contributed by atoms with van der Waals surface area (Å²) in [5.74, 6) is 0.162. The molecule has 0 radical (unpaired) electrons. The molecule has 278 valence electrons. The number of hydrogen-bond donors (Lipinski definition) is 9. The predicted octanol–water partition coefficient (Wildman–Crippen LogP) is -1.13. The van der Waals surface area contributed by atoms with Gasteiger partial charge in [-0.25, -0.2) is 4.79 Å². The number of thioether (sulfide) groups is 1. The molecule has 3 saturated heterocycles. The number of fused-ring (bicyclic) bond motifs is 1. The highest BCUT2D eigenvalue weighted by Crippen LogP contribution is 2.33. The fourth-order valence-electron chi connectivity index (χ4n) is 6.18. The van der Waals surface area contributed by atoms with Crippen molar-refractivity contribution < 1.29 is 39.2 Å². The molecule has 0 aromatic carbocycles. The quantitative estimate of drug-likeness (QED) is 0.0440. The monoisotopic (exact) mass is 722 g/mol. The molecule has 0 bridgehead atoms. The molecule has 10 N–H and O–H groups in total. The van der Waals surface area contributed by atoms with Crippen LogP contribution in [0.4, 0.5) is 10.7 Å². The molecule has 0 saturated carbocycles. The molecule has 0 aliphatic carbocycles. The van der Waals surface area contributed by atoms with Gasteiger partial charge >= 0.3 is 6.03 Å². The van der Waals surface area contributed by atoms with E-state index in [1.807, 2.05) is 11.8 Å². The van der Waals surface area contributed by atoms with Gasteiger partial charge in [-0.15, -0.1) is 0 Å². The van der Waals surface area contributed by atoms with Crippen LogP contribution >= 0.6 is 11.8 Å². The zero-order valence-electron chi connectivity index (χ0n) is 28.1. The predicted molar refractivity (Wildman–Crippen MR) is 186 cm³/mol. The summed E-state index contributed by atoms with van der Waals surface area (Å²) in [6.07, 6.45) is 6.67. The van der Waals surface area contributed by atoms with Gasteiger partial charge in [-0.05, 0) is 25.7 Å². The van der Waals surface area contributed by atoms with Crippen molar-refractivity contribution in [2.75, 3.05) is 37.7 Å². The van der Waals surface area contributed by atoms with Crippen molar-refractivity contribution in [2.24, 2.45) is 0 Å². The maximum atomic E-state index is 12.3. The summed E-state index contributed by atoms with van der Waals surface area (Å²) in [4.78, 5) is 64.0. The lowest BCUT2D eigenvalue weighted by Crippen LogP contribution is -2.36. The molecule has 5 amide bonds. The summed E-state index contributed by atoms with van der Waals surface area (Å²) in [6.45, 7) is 0.416. The molecule has 3 fully saturated rings.